The third-order valence-electron chi connectivity index (χ3n) is 5.54. The summed E-state index contributed by atoms with van der Waals surface area (Å²) in [5, 5.41) is 4.81. The van der Waals surface area contributed by atoms with E-state index in [1.165, 1.54) is 12.5 Å². The third kappa shape index (κ3) is 3.88. The highest BCUT2D eigenvalue weighted by molar-refractivity contribution is 5.94. The highest BCUT2D eigenvalue weighted by Gasteiger charge is 2.18. The van der Waals surface area contributed by atoms with Gasteiger partial charge in [0.1, 0.15) is 5.75 Å². The zero-order valence-corrected chi connectivity index (χ0v) is 18.7. The lowest BCUT2D eigenvalue weighted by molar-refractivity contribution is 0.0734. The SMILES string of the molecule is O=C(Oc1ccccc1C=Nn1c(-c2ccco2)nc2ccccc2c1=O)c1ccc2c(c1)OCO2. The molecule has 6 rings (SSSR count). The van der Waals surface area contributed by atoms with Crippen molar-refractivity contribution in [2.24, 2.45) is 5.10 Å². The molecule has 2 aromatic heterocycles. The van der Waals surface area contributed by atoms with E-state index < -0.39 is 5.97 Å². The molecular formula is C27H17N3O6. The smallest absolute Gasteiger partial charge is 0.343 e. The van der Waals surface area contributed by atoms with Gasteiger partial charge in [0.2, 0.25) is 12.6 Å². The molecule has 9 heteroatoms. The van der Waals surface area contributed by atoms with E-state index in [9.17, 15) is 9.59 Å². The van der Waals surface area contributed by atoms with E-state index in [-0.39, 0.29) is 23.9 Å². The molecule has 176 valence electrons. The number of rotatable bonds is 5. The highest BCUT2D eigenvalue weighted by atomic mass is 16.7. The van der Waals surface area contributed by atoms with E-state index in [4.69, 9.17) is 18.6 Å². The summed E-state index contributed by atoms with van der Waals surface area (Å²) in [5.74, 6) is 1.38. The Bertz CT molecular complexity index is 1690. The zero-order chi connectivity index (χ0) is 24.5. The number of para-hydroxylation sites is 2. The molecule has 1 aliphatic heterocycles. The van der Waals surface area contributed by atoms with Crippen molar-refractivity contribution in [1.82, 2.24) is 9.66 Å². The van der Waals surface area contributed by atoms with E-state index in [0.717, 1.165) is 4.68 Å². The van der Waals surface area contributed by atoms with Gasteiger partial charge < -0.3 is 18.6 Å². The van der Waals surface area contributed by atoms with Crippen LogP contribution in [0.5, 0.6) is 17.2 Å². The van der Waals surface area contributed by atoms with Gasteiger partial charge in [0, 0.05) is 5.56 Å². The molecule has 0 bridgehead atoms. The Labute approximate surface area is 203 Å². The number of hydrogen-bond acceptors (Lipinski definition) is 8. The Morgan fingerprint density at radius 3 is 2.69 bits per heavy atom. The van der Waals surface area contributed by atoms with Gasteiger partial charge in [-0.2, -0.15) is 9.78 Å². The molecule has 0 unspecified atom stereocenters. The number of esters is 1. The summed E-state index contributed by atoms with van der Waals surface area (Å²) in [6, 6.07) is 22.1. The van der Waals surface area contributed by atoms with E-state index in [1.54, 1.807) is 78.9 Å². The number of hydrogen-bond donors (Lipinski definition) is 0. The van der Waals surface area contributed by atoms with E-state index in [1.807, 2.05) is 0 Å². The van der Waals surface area contributed by atoms with Crippen molar-refractivity contribution in [3.8, 4) is 28.8 Å². The lowest BCUT2D eigenvalue weighted by atomic mass is 10.2. The lowest BCUT2D eigenvalue weighted by Crippen LogP contribution is -2.20. The van der Waals surface area contributed by atoms with Crippen LogP contribution < -0.4 is 19.8 Å². The van der Waals surface area contributed by atoms with Crippen LogP contribution in [0.1, 0.15) is 15.9 Å². The van der Waals surface area contributed by atoms with Gasteiger partial charge in [-0.15, -0.1) is 0 Å². The van der Waals surface area contributed by atoms with Gasteiger partial charge >= 0.3 is 5.97 Å². The summed E-state index contributed by atoms with van der Waals surface area (Å²) < 4.78 is 22.9. The minimum atomic E-state index is -0.574. The van der Waals surface area contributed by atoms with Crippen molar-refractivity contribution < 1.29 is 23.4 Å². The Hall–Kier alpha value is -5.18. The Balaban J connectivity index is 1.36. The molecule has 0 saturated carbocycles. The average Bonchev–Trinajstić information content (AvgIpc) is 3.61. The van der Waals surface area contributed by atoms with Crippen molar-refractivity contribution in [3.63, 3.8) is 0 Å². The van der Waals surface area contributed by atoms with Gasteiger partial charge in [-0.05, 0) is 54.6 Å². The quantitative estimate of drug-likeness (QED) is 0.208. The van der Waals surface area contributed by atoms with Crippen LogP contribution >= 0.6 is 0 Å². The van der Waals surface area contributed by atoms with Gasteiger partial charge in [-0.25, -0.2) is 9.78 Å². The van der Waals surface area contributed by atoms with Gasteiger partial charge in [-0.3, -0.25) is 4.79 Å². The number of ether oxygens (including phenoxy) is 3. The molecule has 3 heterocycles. The molecule has 3 aromatic carbocycles. The van der Waals surface area contributed by atoms with Crippen molar-refractivity contribution in [2.45, 2.75) is 0 Å². The normalized spacial score (nSPS) is 12.3. The van der Waals surface area contributed by atoms with Gasteiger partial charge in [0.25, 0.3) is 5.56 Å². The van der Waals surface area contributed by atoms with Crippen LogP contribution in [0.25, 0.3) is 22.5 Å². The first-order valence-corrected chi connectivity index (χ1v) is 11.0. The Morgan fingerprint density at radius 2 is 1.81 bits per heavy atom. The molecule has 0 saturated heterocycles. The fraction of sp³-hybridized carbons (Fsp3) is 0.0370. The third-order valence-corrected chi connectivity index (χ3v) is 5.54. The van der Waals surface area contributed by atoms with Crippen LogP contribution in [0.2, 0.25) is 0 Å². The topological polar surface area (TPSA) is 105 Å². The fourth-order valence-corrected chi connectivity index (χ4v) is 3.78. The molecule has 0 fully saturated rings. The maximum absolute atomic E-state index is 13.3. The average molecular weight is 479 g/mol. The van der Waals surface area contributed by atoms with Crippen molar-refractivity contribution in [2.75, 3.05) is 6.79 Å². The van der Waals surface area contributed by atoms with Crippen LogP contribution in [0.4, 0.5) is 0 Å². The number of carbonyl (C=O) groups excluding carboxylic acids is 1. The largest absolute Gasteiger partial charge is 0.461 e. The van der Waals surface area contributed by atoms with Gasteiger partial charge in [0.05, 0.1) is 28.9 Å². The minimum absolute atomic E-state index is 0.107. The van der Waals surface area contributed by atoms with Crippen molar-refractivity contribution in [3.05, 3.63) is 107 Å². The summed E-state index contributed by atoms with van der Waals surface area (Å²) in [6.45, 7) is 0.107. The molecule has 0 amide bonds. The molecule has 0 atom stereocenters. The van der Waals surface area contributed by atoms with Crippen molar-refractivity contribution in [1.29, 1.82) is 0 Å². The Morgan fingerprint density at radius 1 is 0.972 bits per heavy atom. The van der Waals surface area contributed by atoms with Gasteiger partial charge in [-0.1, -0.05) is 24.3 Å². The van der Waals surface area contributed by atoms with E-state index in [2.05, 4.69) is 10.1 Å². The standard InChI is InChI=1S/C27H17N3O6/c31-26-19-7-2-3-8-20(19)29-25(23-10-5-13-33-23)30(26)28-15-18-6-1-4-9-21(18)36-27(32)17-11-12-22-24(14-17)35-16-34-22/h1-15H,16H2. The molecule has 1 aliphatic rings. The summed E-state index contributed by atoms with van der Waals surface area (Å²) in [6.07, 6.45) is 2.93. The lowest BCUT2D eigenvalue weighted by Gasteiger charge is -2.09. The number of aromatic nitrogens is 2. The first-order valence-electron chi connectivity index (χ1n) is 11.0. The maximum Gasteiger partial charge on any atom is 0.343 e. The predicted octanol–water partition coefficient (Wildman–Crippen LogP) is 4.49. The first kappa shape index (κ1) is 21.4. The Kier molecular flexibility index (Phi) is 5.27. The summed E-state index contributed by atoms with van der Waals surface area (Å²) >= 11 is 0. The molecule has 0 N–H and O–H groups in total. The zero-order valence-electron chi connectivity index (χ0n) is 18.7. The second-order valence-electron chi connectivity index (χ2n) is 7.79. The van der Waals surface area contributed by atoms with Crippen LogP contribution in [0.3, 0.4) is 0 Å². The number of carbonyl (C=O) groups is 1. The van der Waals surface area contributed by atoms with Crippen LogP contribution in [0.15, 0.2) is 99.4 Å². The van der Waals surface area contributed by atoms with Crippen molar-refractivity contribution >= 4 is 23.1 Å². The number of fused-ring (bicyclic) bond motifs is 2. The monoisotopic (exact) mass is 479 g/mol. The molecule has 5 aromatic rings. The molecule has 36 heavy (non-hydrogen) atoms. The molecule has 0 spiro atoms. The number of nitrogens with zero attached hydrogens (tertiary/aromatic N) is 3. The molecule has 0 radical (unpaired) electrons. The second-order valence-corrected chi connectivity index (χ2v) is 7.79. The molecule has 9 nitrogen and oxygen atoms in total. The van der Waals surface area contributed by atoms with Crippen LogP contribution in [0, 0.1) is 0 Å². The minimum Gasteiger partial charge on any atom is -0.461 e. The number of benzene rings is 3. The van der Waals surface area contributed by atoms with E-state index in [0.29, 0.717) is 39.3 Å². The van der Waals surface area contributed by atoms with Crippen LogP contribution in [-0.2, 0) is 0 Å². The predicted molar refractivity (Wildman–Crippen MR) is 131 cm³/mol. The summed E-state index contributed by atoms with van der Waals surface area (Å²) in [7, 11) is 0. The maximum atomic E-state index is 13.3. The molecule has 0 aliphatic carbocycles. The molecular weight excluding hydrogens is 462 g/mol. The van der Waals surface area contributed by atoms with Gasteiger partial charge in [0.15, 0.2) is 17.3 Å². The van der Waals surface area contributed by atoms with E-state index >= 15 is 0 Å². The summed E-state index contributed by atoms with van der Waals surface area (Å²) in [4.78, 5) is 30.7. The second kappa shape index (κ2) is 8.88. The number of furan rings is 1. The highest BCUT2D eigenvalue weighted by Crippen LogP contribution is 2.33. The summed E-state index contributed by atoms with van der Waals surface area (Å²) in [5.41, 5.74) is 0.953. The first-order chi connectivity index (χ1) is 17.7. The fourth-order valence-electron chi connectivity index (χ4n) is 3.78. The van der Waals surface area contributed by atoms with Crippen LogP contribution in [-0.4, -0.2) is 28.6 Å².